The highest BCUT2D eigenvalue weighted by molar-refractivity contribution is 7.12. The lowest BCUT2D eigenvalue weighted by atomic mass is 10.2. The molecule has 0 aliphatic carbocycles. The fraction of sp³-hybridized carbons (Fsp3) is 0.556. The molecule has 0 spiro atoms. The van der Waals surface area contributed by atoms with Crippen LogP contribution in [0, 0.1) is 0 Å². The standard InChI is InChI=1S/C9H15NOS/c1-2-7-3-4-9(12-7)8(10)5-6-11/h3-4,8,11H,2,5-6,10H2,1H3/t8-/m1/s1. The molecule has 12 heavy (non-hydrogen) atoms. The molecular weight excluding hydrogens is 170 g/mol. The van der Waals surface area contributed by atoms with Gasteiger partial charge < -0.3 is 10.8 Å². The van der Waals surface area contributed by atoms with Crippen molar-refractivity contribution in [2.75, 3.05) is 6.61 Å². The highest BCUT2D eigenvalue weighted by Crippen LogP contribution is 2.23. The third-order valence-electron chi connectivity index (χ3n) is 1.84. The third-order valence-corrected chi connectivity index (χ3v) is 3.20. The van der Waals surface area contributed by atoms with Crippen molar-refractivity contribution in [3.8, 4) is 0 Å². The van der Waals surface area contributed by atoms with E-state index in [-0.39, 0.29) is 12.6 Å². The van der Waals surface area contributed by atoms with Crippen LogP contribution in [-0.2, 0) is 6.42 Å². The number of nitrogens with two attached hydrogens (primary N) is 1. The minimum Gasteiger partial charge on any atom is -0.396 e. The Hall–Kier alpha value is -0.380. The summed E-state index contributed by atoms with van der Waals surface area (Å²) in [5.74, 6) is 0. The molecule has 0 radical (unpaired) electrons. The Bertz CT molecular complexity index is 234. The molecule has 0 fully saturated rings. The number of hydrogen-bond donors (Lipinski definition) is 2. The summed E-state index contributed by atoms with van der Waals surface area (Å²) in [5.41, 5.74) is 5.82. The van der Waals surface area contributed by atoms with Crippen molar-refractivity contribution in [1.29, 1.82) is 0 Å². The average Bonchev–Trinajstić information content (AvgIpc) is 2.52. The predicted molar refractivity (Wildman–Crippen MR) is 52.3 cm³/mol. The highest BCUT2D eigenvalue weighted by Gasteiger charge is 2.07. The van der Waals surface area contributed by atoms with Gasteiger partial charge in [0.25, 0.3) is 0 Å². The van der Waals surface area contributed by atoms with E-state index in [9.17, 15) is 0 Å². The number of thiophene rings is 1. The molecule has 0 saturated carbocycles. The maximum Gasteiger partial charge on any atom is 0.0449 e. The summed E-state index contributed by atoms with van der Waals surface area (Å²) < 4.78 is 0. The minimum atomic E-state index is 0.0142. The van der Waals surface area contributed by atoms with Gasteiger partial charge in [0.05, 0.1) is 0 Å². The lowest BCUT2D eigenvalue weighted by Gasteiger charge is -2.05. The smallest absolute Gasteiger partial charge is 0.0449 e. The first-order chi connectivity index (χ1) is 5.77. The van der Waals surface area contributed by atoms with E-state index in [4.69, 9.17) is 10.8 Å². The van der Waals surface area contributed by atoms with Crippen LogP contribution in [0.4, 0.5) is 0 Å². The van der Waals surface area contributed by atoms with E-state index >= 15 is 0 Å². The van der Waals surface area contributed by atoms with E-state index in [2.05, 4.69) is 19.1 Å². The molecule has 1 aromatic heterocycles. The van der Waals surface area contributed by atoms with Crippen molar-refractivity contribution in [3.63, 3.8) is 0 Å². The number of rotatable bonds is 4. The molecule has 0 aliphatic rings. The Balaban J connectivity index is 2.61. The highest BCUT2D eigenvalue weighted by atomic mass is 32.1. The van der Waals surface area contributed by atoms with Crippen molar-refractivity contribution in [1.82, 2.24) is 0 Å². The number of hydrogen-bond acceptors (Lipinski definition) is 3. The SMILES string of the molecule is CCc1ccc([C@H](N)CCO)s1. The van der Waals surface area contributed by atoms with Crippen molar-refractivity contribution in [2.24, 2.45) is 5.73 Å². The molecule has 1 rings (SSSR count). The van der Waals surface area contributed by atoms with Gasteiger partial charge in [0.15, 0.2) is 0 Å². The maximum atomic E-state index is 8.69. The van der Waals surface area contributed by atoms with E-state index in [1.807, 2.05) is 0 Å². The van der Waals surface area contributed by atoms with Crippen molar-refractivity contribution < 1.29 is 5.11 Å². The second-order valence-corrected chi connectivity index (χ2v) is 3.98. The first kappa shape index (κ1) is 9.71. The van der Waals surface area contributed by atoms with Gasteiger partial charge in [0.1, 0.15) is 0 Å². The van der Waals surface area contributed by atoms with Crippen LogP contribution in [0.2, 0.25) is 0 Å². The molecule has 0 saturated heterocycles. The largest absolute Gasteiger partial charge is 0.396 e. The van der Waals surface area contributed by atoms with Crippen molar-refractivity contribution >= 4 is 11.3 Å². The summed E-state index contributed by atoms with van der Waals surface area (Å²) in [4.78, 5) is 2.54. The zero-order chi connectivity index (χ0) is 8.97. The topological polar surface area (TPSA) is 46.2 Å². The Morgan fingerprint density at radius 1 is 1.58 bits per heavy atom. The number of aliphatic hydroxyl groups is 1. The minimum absolute atomic E-state index is 0.0142. The predicted octanol–water partition coefficient (Wildman–Crippen LogP) is 1.69. The zero-order valence-corrected chi connectivity index (χ0v) is 8.10. The van der Waals surface area contributed by atoms with Gasteiger partial charge in [0.2, 0.25) is 0 Å². The quantitative estimate of drug-likeness (QED) is 0.750. The van der Waals surface area contributed by atoms with Crippen LogP contribution in [0.15, 0.2) is 12.1 Å². The first-order valence-corrected chi connectivity index (χ1v) is 5.04. The Morgan fingerprint density at radius 2 is 2.33 bits per heavy atom. The Kier molecular flexibility index (Phi) is 3.72. The van der Waals surface area contributed by atoms with Gasteiger partial charge in [-0.1, -0.05) is 6.92 Å². The number of aliphatic hydroxyl groups excluding tert-OH is 1. The first-order valence-electron chi connectivity index (χ1n) is 4.23. The van der Waals surface area contributed by atoms with Gasteiger partial charge in [-0.3, -0.25) is 0 Å². The second-order valence-electron chi connectivity index (χ2n) is 2.78. The van der Waals surface area contributed by atoms with Crippen LogP contribution >= 0.6 is 11.3 Å². The molecular formula is C9H15NOS. The molecule has 1 heterocycles. The van der Waals surface area contributed by atoms with Gasteiger partial charge in [-0.2, -0.15) is 0 Å². The zero-order valence-electron chi connectivity index (χ0n) is 7.29. The Labute approximate surface area is 77.0 Å². The molecule has 3 heteroatoms. The van der Waals surface area contributed by atoms with Crippen molar-refractivity contribution in [2.45, 2.75) is 25.8 Å². The molecule has 0 amide bonds. The molecule has 1 aromatic rings. The van der Waals surface area contributed by atoms with Crippen LogP contribution < -0.4 is 5.73 Å². The summed E-state index contributed by atoms with van der Waals surface area (Å²) in [7, 11) is 0. The molecule has 3 N–H and O–H groups in total. The summed E-state index contributed by atoms with van der Waals surface area (Å²) in [6.45, 7) is 2.30. The summed E-state index contributed by atoms with van der Waals surface area (Å²) in [6, 6.07) is 4.18. The van der Waals surface area contributed by atoms with E-state index in [1.165, 1.54) is 9.75 Å². The van der Waals surface area contributed by atoms with E-state index in [0.717, 1.165) is 6.42 Å². The van der Waals surface area contributed by atoms with E-state index in [0.29, 0.717) is 6.42 Å². The fourth-order valence-electron chi connectivity index (χ4n) is 1.07. The monoisotopic (exact) mass is 185 g/mol. The molecule has 0 bridgehead atoms. The van der Waals surface area contributed by atoms with Crippen LogP contribution in [0.25, 0.3) is 0 Å². The normalized spacial score (nSPS) is 13.2. The third kappa shape index (κ3) is 2.30. The second kappa shape index (κ2) is 4.60. The van der Waals surface area contributed by atoms with Gasteiger partial charge >= 0.3 is 0 Å². The van der Waals surface area contributed by atoms with E-state index < -0.39 is 0 Å². The van der Waals surface area contributed by atoms with Crippen LogP contribution in [0.5, 0.6) is 0 Å². The lowest BCUT2D eigenvalue weighted by molar-refractivity contribution is 0.277. The lowest BCUT2D eigenvalue weighted by Crippen LogP contribution is -2.09. The average molecular weight is 185 g/mol. The molecule has 0 unspecified atom stereocenters. The molecule has 0 aliphatic heterocycles. The van der Waals surface area contributed by atoms with Gasteiger partial charge in [-0.25, -0.2) is 0 Å². The van der Waals surface area contributed by atoms with Gasteiger partial charge in [-0.15, -0.1) is 11.3 Å². The van der Waals surface area contributed by atoms with E-state index in [1.54, 1.807) is 11.3 Å². The summed E-state index contributed by atoms with van der Waals surface area (Å²) in [5, 5.41) is 8.69. The van der Waals surface area contributed by atoms with Crippen LogP contribution in [0.3, 0.4) is 0 Å². The van der Waals surface area contributed by atoms with Gasteiger partial charge in [0, 0.05) is 22.4 Å². The number of aryl methyl sites for hydroxylation is 1. The molecule has 68 valence electrons. The summed E-state index contributed by atoms with van der Waals surface area (Å²) >= 11 is 1.74. The molecule has 0 aromatic carbocycles. The van der Waals surface area contributed by atoms with Gasteiger partial charge in [-0.05, 0) is 25.0 Å². The Morgan fingerprint density at radius 3 is 2.83 bits per heavy atom. The van der Waals surface area contributed by atoms with Crippen LogP contribution in [-0.4, -0.2) is 11.7 Å². The van der Waals surface area contributed by atoms with Crippen molar-refractivity contribution in [3.05, 3.63) is 21.9 Å². The van der Waals surface area contributed by atoms with Crippen LogP contribution in [0.1, 0.15) is 29.1 Å². The summed E-state index contributed by atoms with van der Waals surface area (Å²) in [6.07, 6.45) is 1.72. The molecule has 2 nitrogen and oxygen atoms in total. The molecule has 1 atom stereocenters. The fourth-order valence-corrected chi connectivity index (χ4v) is 2.05. The maximum absolute atomic E-state index is 8.69.